The fraction of sp³-hybridized carbons (Fsp3) is 0.389. The summed E-state index contributed by atoms with van der Waals surface area (Å²) in [5.41, 5.74) is 0.609. The lowest BCUT2D eigenvalue weighted by molar-refractivity contribution is 0.356. The summed E-state index contributed by atoms with van der Waals surface area (Å²) in [7, 11) is 3.23. The molecule has 0 saturated carbocycles. The monoisotopic (exact) mass is 341 g/mol. The summed E-state index contributed by atoms with van der Waals surface area (Å²) in [6, 6.07) is 3.76. The Morgan fingerprint density at radius 1 is 1.04 bits per heavy atom. The van der Waals surface area contributed by atoms with E-state index in [1.54, 1.807) is 20.4 Å². The van der Waals surface area contributed by atoms with E-state index in [-0.39, 0.29) is 5.54 Å². The van der Waals surface area contributed by atoms with Gasteiger partial charge < -0.3 is 14.8 Å². The third-order valence-electron chi connectivity index (χ3n) is 3.72. The van der Waals surface area contributed by atoms with Crippen molar-refractivity contribution in [1.29, 1.82) is 0 Å². The molecule has 7 heteroatoms. The fourth-order valence-electron chi connectivity index (χ4n) is 2.59. The van der Waals surface area contributed by atoms with E-state index in [2.05, 4.69) is 36.1 Å². The lowest BCUT2D eigenvalue weighted by atomic mass is 10.1. The van der Waals surface area contributed by atoms with E-state index in [0.29, 0.717) is 17.4 Å². The third kappa shape index (κ3) is 3.35. The largest absolute Gasteiger partial charge is 0.493 e. The molecule has 3 rings (SSSR count). The van der Waals surface area contributed by atoms with Crippen LogP contribution in [0.5, 0.6) is 11.5 Å². The summed E-state index contributed by atoms with van der Waals surface area (Å²) >= 11 is 0. The number of fused-ring (bicyclic) bond motifs is 1. The van der Waals surface area contributed by atoms with Crippen LogP contribution >= 0.6 is 0 Å². The molecule has 0 amide bonds. The van der Waals surface area contributed by atoms with Gasteiger partial charge in [-0.2, -0.15) is 4.98 Å². The van der Waals surface area contributed by atoms with E-state index >= 15 is 0 Å². The molecule has 0 radical (unpaired) electrons. The average molecular weight is 341 g/mol. The van der Waals surface area contributed by atoms with Crippen LogP contribution in [-0.4, -0.2) is 39.3 Å². The topological polar surface area (TPSA) is 74.1 Å². The number of ether oxygens (including phenoxy) is 2. The summed E-state index contributed by atoms with van der Waals surface area (Å²) in [4.78, 5) is 13.7. The number of aryl methyl sites for hydroxylation is 1. The molecule has 2 aromatic heterocycles. The number of benzene rings is 1. The van der Waals surface area contributed by atoms with Crippen molar-refractivity contribution in [2.24, 2.45) is 0 Å². The molecule has 25 heavy (non-hydrogen) atoms. The molecule has 2 heterocycles. The summed E-state index contributed by atoms with van der Waals surface area (Å²) in [6.45, 7) is 8.18. The maximum absolute atomic E-state index is 5.43. The van der Waals surface area contributed by atoms with Gasteiger partial charge in [0.15, 0.2) is 11.5 Å². The zero-order chi connectivity index (χ0) is 18.2. The maximum atomic E-state index is 5.43. The Morgan fingerprint density at radius 2 is 1.72 bits per heavy atom. The van der Waals surface area contributed by atoms with Gasteiger partial charge in [-0.1, -0.05) is 0 Å². The second kappa shape index (κ2) is 6.23. The Kier molecular flexibility index (Phi) is 4.24. The highest BCUT2D eigenvalue weighted by atomic mass is 16.5. The third-order valence-corrected chi connectivity index (χ3v) is 3.72. The van der Waals surface area contributed by atoms with Gasteiger partial charge in [0, 0.05) is 29.4 Å². The van der Waals surface area contributed by atoms with Gasteiger partial charge in [0.1, 0.15) is 11.6 Å². The normalized spacial score (nSPS) is 11.6. The number of methoxy groups -OCH3 is 2. The second-order valence-electron chi connectivity index (χ2n) is 6.82. The van der Waals surface area contributed by atoms with Gasteiger partial charge in [-0.05, 0) is 33.8 Å². The van der Waals surface area contributed by atoms with Crippen LogP contribution in [0, 0.1) is 6.92 Å². The predicted molar refractivity (Wildman–Crippen MR) is 97.9 cm³/mol. The molecule has 0 spiro atoms. The zero-order valence-electron chi connectivity index (χ0n) is 15.4. The highest BCUT2D eigenvalue weighted by Gasteiger charge is 2.18. The van der Waals surface area contributed by atoms with E-state index in [9.17, 15) is 0 Å². The molecule has 0 aliphatic heterocycles. The number of nitrogens with one attached hydrogen (secondary N) is 1. The Morgan fingerprint density at radius 3 is 2.28 bits per heavy atom. The standard InChI is InChI=1S/C18H23N5O2/c1-11-19-7-8-23(11)17-20-13-10-15(25-6)14(24-5)9-12(13)16(21-17)22-18(2,3)4/h7-10H,1-6H3,(H,20,21,22). The van der Waals surface area contributed by atoms with Crippen LogP contribution < -0.4 is 14.8 Å². The summed E-state index contributed by atoms with van der Waals surface area (Å²) in [5.74, 6) is 3.38. The quantitative estimate of drug-likeness (QED) is 0.784. The van der Waals surface area contributed by atoms with Crippen LogP contribution in [-0.2, 0) is 0 Å². The van der Waals surface area contributed by atoms with Crippen LogP contribution in [0.2, 0.25) is 0 Å². The number of nitrogens with zero attached hydrogens (tertiary/aromatic N) is 4. The van der Waals surface area contributed by atoms with Crippen molar-refractivity contribution in [2.45, 2.75) is 33.2 Å². The number of hydrogen-bond donors (Lipinski definition) is 1. The first-order chi connectivity index (χ1) is 11.8. The molecule has 0 aliphatic carbocycles. The van der Waals surface area contributed by atoms with Gasteiger partial charge in [0.2, 0.25) is 5.95 Å². The fourth-order valence-corrected chi connectivity index (χ4v) is 2.59. The molecule has 0 aliphatic rings. The minimum Gasteiger partial charge on any atom is -0.493 e. The van der Waals surface area contributed by atoms with Gasteiger partial charge in [-0.15, -0.1) is 0 Å². The molecular weight excluding hydrogens is 318 g/mol. The molecular formula is C18H23N5O2. The first kappa shape index (κ1) is 17.0. The molecule has 1 aromatic carbocycles. The van der Waals surface area contributed by atoms with Crippen LogP contribution in [0.1, 0.15) is 26.6 Å². The molecule has 0 unspecified atom stereocenters. The second-order valence-corrected chi connectivity index (χ2v) is 6.82. The predicted octanol–water partition coefficient (Wildman–Crippen LogP) is 3.35. The highest BCUT2D eigenvalue weighted by Crippen LogP contribution is 2.35. The zero-order valence-corrected chi connectivity index (χ0v) is 15.4. The van der Waals surface area contributed by atoms with Crippen molar-refractivity contribution in [3.8, 4) is 17.4 Å². The summed E-state index contributed by atoms with van der Waals surface area (Å²) in [5, 5.41) is 4.32. The van der Waals surface area contributed by atoms with Crippen LogP contribution in [0.3, 0.4) is 0 Å². The van der Waals surface area contributed by atoms with Gasteiger partial charge in [0.25, 0.3) is 0 Å². The van der Waals surface area contributed by atoms with Gasteiger partial charge >= 0.3 is 0 Å². The number of anilines is 1. The van der Waals surface area contributed by atoms with Crippen LogP contribution in [0.15, 0.2) is 24.5 Å². The number of rotatable bonds is 4. The minimum absolute atomic E-state index is 0.157. The molecule has 7 nitrogen and oxygen atoms in total. The Bertz CT molecular complexity index is 912. The summed E-state index contributed by atoms with van der Waals surface area (Å²) < 4.78 is 12.7. The van der Waals surface area contributed by atoms with E-state index in [0.717, 1.165) is 22.5 Å². The van der Waals surface area contributed by atoms with Crippen molar-refractivity contribution in [2.75, 3.05) is 19.5 Å². The molecule has 0 saturated heterocycles. The smallest absolute Gasteiger partial charge is 0.237 e. The Hall–Kier alpha value is -2.83. The van der Waals surface area contributed by atoms with Crippen molar-refractivity contribution in [3.63, 3.8) is 0 Å². The molecule has 132 valence electrons. The lowest BCUT2D eigenvalue weighted by Crippen LogP contribution is -2.27. The van der Waals surface area contributed by atoms with Crippen molar-refractivity contribution in [1.82, 2.24) is 19.5 Å². The first-order valence-electron chi connectivity index (χ1n) is 8.04. The van der Waals surface area contributed by atoms with E-state index in [1.165, 1.54) is 0 Å². The number of hydrogen-bond acceptors (Lipinski definition) is 6. The summed E-state index contributed by atoms with van der Waals surface area (Å²) in [6.07, 6.45) is 3.58. The molecule has 3 aromatic rings. The van der Waals surface area contributed by atoms with Crippen LogP contribution in [0.4, 0.5) is 5.82 Å². The van der Waals surface area contributed by atoms with E-state index < -0.39 is 0 Å². The van der Waals surface area contributed by atoms with Crippen molar-refractivity contribution < 1.29 is 9.47 Å². The number of aromatic nitrogens is 4. The van der Waals surface area contributed by atoms with Gasteiger partial charge in [-0.25, -0.2) is 9.97 Å². The maximum Gasteiger partial charge on any atom is 0.237 e. The van der Waals surface area contributed by atoms with Crippen molar-refractivity contribution >= 4 is 16.7 Å². The average Bonchev–Trinajstić information content (AvgIpc) is 2.98. The van der Waals surface area contributed by atoms with Gasteiger partial charge in [-0.3, -0.25) is 4.57 Å². The van der Waals surface area contributed by atoms with Crippen LogP contribution in [0.25, 0.3) is 16.9 Å². The molecule has 0 atom stereocenters. The Labute approximate surface area is 147 Å². The Balaban J connectivity index is 2.29. The highest BCUT2D eigenvalue weighted by molar-refractivity contribution is 5.92. The van der Waals surface area contributed by atoms with Crippen molar-refractivity contribution in [3.05, 3.63) is 30.4 Å². The molecule has 0 fully saturated rings. The molecule has 0 bridgehead atoms. The SMILES string of the molecule is COc1cc2nc(-n3ccnc3C)nc(NC(C)(C)C)c2cc1OC. The minimum atomic E-state index is -0.157. The first-order valence-corrected chi connectivity index (χ1v) is 8.04. The molecule has 1 N–H and O–H groups in total. The van der Waals surface area contributed by atoms with Gasteiger partial charge in [0.05, 0.1) is 19.7 Å². The lowest BCUT2D eigenvalue weighted by Gasteiger charge is -2.23. The van der Waals surface area contributed by atoms with E-state index in [1.807, 2.05) is 29.8 Å². The van der Waals surface area contributed by atoms with E-state index in [4.69, 9.17) is 14.5 Å². The number of imidazole rings is 1.